The summed E-state index contributed by atoms with van der Waals surface area (Å²) in [5, 5.41) is 0. The van der Waals surface area contributed by atoms with Gasteiger partial charge in [0.1, 0.15) is 17.7 Å². The quantitative estimate of drug-likeness (QED) is 0.853. The van der Waals surface area contributed by atoms with Crippen molar-refractivity contribution >= 4 is 5.91 Å². The molecule has 2 N–H and O–H groups in total. The standard InChI is InChI=1S/C17H25F2N3O2/c1-3-16(13-5-4-12(18)10-14(13)19)21-6-8-22(9-7-21)17(23)15(20)11-24-2/h4-5,10,15-16H,3,6-9,11,20H2,1-2H3. The Bertz CT molecular complexity index is 563. The molecule has 1 aliphatic rings. The summed E-state index contributed by atoms with van der Waals surface area (Å²) in [6.07, 6.45) is 0.708. The first-order chi connectivity index (χ1) is 11.5. The predicted molar refractivity (Wildman–Crippen MR) is 87.4 cm³/mol. The van der Waals surface area contributed by atoms with Gasteiger partial charge in [-0.1, -0.05) is 13.0 Å². The number of amides is 1. The van der Waals surface area contributed by atoms with Crippen LogP contribution in [0.2, 0.25) is 0 Å². The highest BCUT2D eigenvalue weighted by atomic mass is 19.1. The van der Waals surface area contributed by atoms with Gasteiger partial charge in [-0.05, 0) is 12.5 Å². The number of carbonyl (C=O) groups excluding carboxylic acids is 1. The summed E-state index contributed by atoms with van der Waals surface area (Å²) >= 11 is 0. The fourth-order valence-electron chi connectivity index (χ4n) is 3.19. The molecule has 1 heterocycles. The van der Waals surface area contributed by atoms with Gasteiger partial charge in [-0.15, -0.1) is 0 Å². The minimum absolute atomic E-state index is 0.127. The van der Waals surface area contributed by atoms with Crippen LogP contribution in [0.1, 0.15) is 24.9 Å². The van der Waals surface area contributed by atoms with Crippen molar-refractivity contribution < 1.29 is 18.3 Å². The number of methoxy groups -OCH3 is 1. The van der Waals surface area contributed by atoms with E-state index in [-0.39, 0.29) is 18.6 Å². The van der Waals surface area contributed by atoms with Gasteiger partial charge in [0.25, 0.3) is 0 Å². The molecule has 5 nitrogen and oxygen atoms in total. The van der Waals surface area contributed by atoms with Gasteiger partial charge < -0.3 is 15.4 Å². The Morgan fingerprint density at radius 1 is 1.29 bits per heavy atom. The van der Waals surface area contributed by atoms with Crippen molar-refractivity contribution in [1.82, 2.24) is 9.80 Å². The number of hydrogen-bond acceptors (Lipinski definition) is 4. The van der Waals surface area contributed by atoms with Crippen LogP contribution in [-0.2, 0) is 9.53 Å². The average molecular weight is 341 g/mol. The van der Waals surface area contributed by atoms with Gasteiger partial charge in [0, 0.05) is 51.0 Å². The molecular formula is C17H25F2N3O2. The molecule has 134 valence electrons. The van der Waals surface area contributed by atoms with Crippen molar-refractivity contribution in [3.63, 3.8) is 0 Å². The highest BCUT2D eigenvalue weighted by Gasteiger charge is 2.29. The van der Waals surface area contributed by atoms with E-state index in [9.17, 15) is 13.6 Å². The molecule has 0 radical (unpaired) electrons. The van der Waals surface area contributed by atoms with E-state index in [4.69, 9.17) is 10.5 Å². The molecule has 2 rings (SSSR count). The molecule has 1 amide bonds. The molecule has 0 bridgehead atoms. The number of ether oxygens (including phenoxy) is 1. The number of nitrogens with zero attached hydrogens (tertiary/aromatic N) is 2. The Kier molecular flexibility index (Phi) is 6.65. The highest BCUT2D eigenvalue weighted by Crippen LogP contribution is 2.28. The SMILES string of the molecule is CCC(c1ccc(F)cc1F)N1CCN(C(=O)C(N)COC)CC1. The van der Waals surface area contributed by atoms with Crippen molar-refractivity contribution in [3.8, 4) is 0 Å². The van der Waals surface area contributed by atoms with E-state index < -0.39 is 17.7 Å². The summed E-state index contributed by atoms with van der Waals surface area (Å²) < 4.78 is 32.1. The number of rotatable bonds is 6. The lowest BCUT2D eigenvalue weighted by Gasteiger charge is -2.40. The summed E-state index contributed by atoms with van der Waals surface area (Å²) in [5.41, 5.74) is 6.28. The van der Waals surface area contributed by atoms with E-state index in [1.807, 2.05) is 6.92 Å². The van der Waals surface area contributed by atoms with Crippen LogP contribution in [0.4, 0.5) is 8.78 Å². The topological polar surface area (TPSA) is 58.8 Å². The summed E-state index contributed by atoms with van der Waals surface area (Å²) in [6, 6.07) is 2.92. The minimum atomic E-state index is -0.655. The van der Waals surface area contributed by atoms with Gasteiger partial charge in [0.15, 0.2) is 0 Å². The van der Waals surface area contributed by atoms with Crippen molar-refractivity contribution in [2.75, 3.05) is 39.9 Å². The summed E-state index contributed by atoms with van der Waals surface area (Å²) in [4.78, 5) is 16.0. The molecule has 1 aliphatic heterocycles. The van der Waals surface area contributed by atoms with Crippen LogP contribution in [0, 0.1) is 11.6 Å². The Morgan fingerprint density at radius 3 is 2.50 bits per heavy atom. The van der Waals surface area contributed by atoms with Crippen LogP contribution >= 0.6 is 0 Å². The number of benzene rings is 1. The molecule has 0 aliphatic carbocycles. The third-order valence-electron chi connectivity index (χ3n) is 4.44. The Morgan fingerprint density at radius 2 is 1.96 bits per heavy atom. The molecule has 1 aromatic rings. The predicted octanol–water partition coefficient (Wildman–Crippen LogP) is 1.53. The second-order valence-corrected chi connectivity index (χ2v) is 6.01. The number of nitrogens with two attached hydrogens (primary N) is 1. The van der Waals surface area contributed by atoms with Gasteiger partial charge in [-0.3, -0.25) is 9.69 Å². The van der Waals surface area contributed by atoms with Gasteiger partial charge in [-0.2, -0.15) is 0 Å². The molecule has 2 unspecified atom stereocenters. The highest BCUT2D eigenvalue weighted by molar-refractivity contribution is 5.81. The van der Waals surface area contributed by atoms with Crippen LogP contribution < -0.4 is 5.73 Å². The van der Waals surface area contributed by atoms with Gasteiger partial charge >= 0.3 is 0 Å². The molecule has 7 heteroatoms. The number of halogens is 2. The second kappa shape index (κ2) is 8.50. The van der Waals surface area contributed by atoms with E-state index in [2.05, 4.69) is 4.90 Å². The zero-order valence-corrected chi connectivity index (χ0v) is 14.2. The Labute approximate surface area is 141 Å². The molecule has 24 heavy (non-hydrogen) atoms. The molecule has 0 spiro atoms. The summed E-state index contributed by atoms with van der Waals surface area (Å²) in [6.45, 7) is 4.49. The van der Waals surface area contributed by atoms with Crippen molar-refractivity contribution in [2.45, 2.75) is 25.4 Å². The molecule has 1 saturated heterocycles. The smallest absolute Gasteiger partial charge is 0.241 e. The lowest BCUT2D eigenvalue weighted by Crippen LogP contribution is -2.54. The number of hydrogen-bond donors (Lipinski definition) is 1. The number of piperazine rings is 1. The second-order valence-electron chi connectivity index (χ2n) is 6.01. The van der Waals surface area contributed by atoms with Crippen LogP contribution in [0.15, 0.2) is 18.2 Å². The summed E-state index contributed by atoms with van der Waals surface area (Å²) in [5.74, 6) is -1.23. The Hall–Kier alpha value is -1.57. The normalized spacial score (nSPS) is 18.5. The maximum Gasteiger partial charge on any atom is 0.241 e. The van der Waals surface area contributed by atoms with Crippen molar-refractivity contribution in [2.24, 2.45) is 5.73 Å². The van der Waals surface area contributed by atoms with Crippen LogP contribution in [-0.4, -0.2) is 61.6 Å². The average Bonchev–Trinajstić information content (AvgIpc) is 2.57. The first-order valence-electron chi connectivity index (χ1n) is 8.20. The minimum Gasteiger partial charge on any atom is -0.383 e. The molecule has 1 aromatic carbocycles. The van der Waals surface area contributed by atoms with Gasteiger partial charge in [-0.25, -0.2) is 8.78 Å². The number of carbonyl (C=O) groups is 1. The van der Waals surface area contributed by atoms with Gasteiger partial charge in [0.05, 0.1) is 6.61 Å². The first kappa shape index (κ1) is 18.8. The largest absolute Gasteiger partial charge is 0.383 e. The van der Waals surface area contributed by atoms with Crippen LogP contribution in [0.25, 0.3) is 0 Å². The summed E-state index contributed by atoms with van der Waals surface area (Å²) in [7, 11) is 1.51. The zero-order chi connectivity index (χ0) is 17.7. The third kappa shape index (κ3) is 4.28. The monoisotopic (exact) mass is 341 g/mol. The maximum atomic E-state index is 14.1. The van der Waals surface area contributed by atoms with E-state index in [1.165, 1.54) is 19.2 Å². The van der Waals surface area contributed by atoms with E-state index >= 15 is 0 Å². The van der Waals surface area contributed by atoms with Crippen LogP contribution in [0.5, 0.6) is 0 Å². The molecule has 1 fully saturated rings. The lowest BCUT2D eigenvalue weighted by atomic mass is 10.0. The van der Waals surface area contributed by atoms with Crippen LogP contribution in [0.3, 0.4) is 0 Å². The lowest BCUT2D eigenvalue weighted by molar-refractivity contribution is -0.135. The van der Waals surface area contributed by atoms with E-state index in [0.717, 1.165) is 6.07 Å². The van der Waals surface area contributed by atoms with Crippen molar-refractivity contribution in [3.05, 3.63) is 35.4 Å². The fraction of sp³-hybridized carbons (Fsp3) is 0.588. The van der Waals surface area contributed by atoms with Gasteiger partial charge in [0.2, 0.25) is 5.91 Å². The van der Waals surface area contributed by atoms with Crippen molar-refractivity contribution in [1.29, 1.82) is 0 Å². The fourth-order valence-corrected chi connectivity index (χ4v) is 3.19. The van der Waals surface area contributed by atoms with E-state index in [0.29, 0.717) is 38.2 Å². The first-order valence-corrected chi connectivity index (χ1v) is 8.20. The molecule has 2 atom stereocenters. The molecule has 0 aromatic heterocycles. The third-order valence-corrected chi connectivity index (χ3v) is 4.44. The zero-order valence-electron chi connectivity index (χ0n) is 14.2. The molecular weight excluding hydrogens is 316 g/mol. The van der Waals surface area contributed by atoms with E-state index in [1.54, 1.807) is 4.90 Å². The molecule has 0 saturated carbocycles. The Balaban J connectivity index is 2.00. The maximum absolute atomic E-state index is 14.1.